The molecule has 2 nitrogen and oxygen atoms in total. The van der Waals surface area contributed by atoms with Gasteiger partial charge < -0.3 is 9.47 Å². The standard InChI is InChI=1S/C12H15BrO2/c1-9(2)6-7-15-12-5-4-10(14-3)8-11(12)13/h4-6,8H,7H2,1-3H3. The number of benzene rings is 1. The third-order valence-corrected chi connectivity index (χ3v) is 2.49. The van der Waals surface area contributed by atoms with Crippen LogP contribution in [0.4, 0.5) is 0 Å². The van der Waals surface area contributed by atoms with Gasteiger partial charge in [-0.15, -0.1) is 0 Å². The van der Waals surface area contributed by atoms with Crippen molar-refractivity contribution in [1.29, 1.82) is 0 Å². The molecule has 1 aromatic carbocycles. The van der Waals surface area contributed by atoms with Crippen LogP contribution in [0.25, 0.3) is 0 Å². The summed E-state index contributed by atoms with van der Waals surface area (Å²) in [6, 6.07) is 5.65. The summed E-state index contributed by atoms with van der Waals surface area (Å²) in [6.07, 6.45) is 2.04. The summed E-state index contributed by atoms with van der Waals surface area (Å²) in [5, 5.41) is 0. The van der Waals surface area contributed by atoms with E-state index in [1.807, 2.05) is 38.1 Å². The van der Waals surface area contributed by atoms with Crippen molar-refractivity contribution in [2.24, 2.45) is 0 Å². The minimum atomic E-state index is 0.591. The Balaban J connectivity index is 2.66. The monoisotopic (exact) mass is 270 g/mol. The predicted molar refractivity (Wildman–Crippen MR) is 65.6 cm³/mol. The van der Waals surface area contributed by atoms with Crippen molar-refractivity contribution in [3.63, 3.8) is 0 Å². The van der Waals surface area contributed by atoms with Gasteiger partial charge in [-0.05, 0) is 54.1 Å². The Morgan fingerprint density at radius 3 is 2.67 bits per heavy atom. The maximum atomic E-state index is 5.57. The van der Waals surface area contributed by atoms with E-state index < -0.39 is 0 Å². The zero-order chi connectivity index (χ0) is 11.3. The third kappa shape index (κ3) is 3.96. The highest BCUT2D eigenvalue weighted by Crippen LogP contribution is 2.28. The fraction of sp³-hybridized carbons (Fsp3) is 0.333. The van der Waals surface area contributed by atoms with Crippen molar-refractivity contribution in [2.75, 3.05) is 13.7 Å². The highest BCUT2D eigenvalue weighted by molar-refractivity contribution is 9.10. The fourth-order valence-electron chi connectivity index (χ4n) is 1.02. The molecule has 0 saturated carbocycles. The molecule has 0 heterocycles. The second kappa shape index (κ2) is 5.81. The molecule has 0 aliphatic heterocycles. The second-order valence-corrected chi connectivity index (χ2v) is 4.24. The maximum Gasteiger partial charge on any atom is 0.134 e. The molecule has 15 heavy (non-hydrogen) atoms. The van der Waals surface area contributed by atoms with Crippen molar-refractivity contribution >= 4 is 15.9 Å². The van der Waals surface area contributed by atoms with Gasteiger partial charge in [-0.25, -0.2) is 0 Å². The smallest absolute Gasteiger partial charge is 0.134 e. The van der Waals surface area contributed by atoms with Gasteiger partial charge in [0.2, 0.25) is 0 Å². The Morgan fingerprint density at radius 2 is 2.13 bits per heavy atom. The Morgan fingerprint density at radius 1 is 1.40 bits per heavy atom. The van der Waals surface area contributed by atoms with Crippen molar-refractivity contribution in [3.8, 4) is 11.5 Å². The number of allylic oxidation sites excluding steroid dienone is 1. The highest BCUT2D eigenvalue weighted by Gasteiger charge is 2.01. The Hall–Kier alpha value is -0.960. The average molecular weight is 271 g/mol. The minimum absolute atomic E-state index is 0.591. The lowest BCUT2D eigenvalue weighted by atomic mass is 10.3. The molecule has 1 aromatic rings. The molecule has 0 aliphatic rings. The van der Waals surface area contributed by atoms with Crippen LogP contribution >= 0.6 is 15.9 Å². The van der Waals surface area contributed by atoms with Gasteiger partial charge in [-0.2, -0.15) is 0 Å². The Labute approximate surface area is 99.0 Å². The van der Waals surface area contributed by atoms with Gasteiger partial charge in [-0.3, -0.25) is 0 Å². The van der Waals surface area contributed by atoms with Crippen LogP contribution < -0.4 is 9.47 Å². The van der Waals surface area contributed by atoms with E-state index in [4.69, 9.17) is 9.47 Å². The molecule has 0 radical (unpaired) electrons. The summed E-state index contributed by atoms with van der Waals surface area (Å²) in [6.45, 7) is 4.69. The molecular formula is C12H15BrO2. The van der Waals surface area contributed by atoms with Gasteiger partial charge in [0, 0.05) is 0 Å². The molecule has 0 aromatic heterocycles. The Kier molecular flexibility index (Phi) is 4.69. The number of hydrogen-bond donors (Lipinski definition) is 0. The van der Waals surface area contributed by atoms with E-state index in [2.05, 4.69) is 15.9 Å². The molecule has 3 heteroatoms. The second-order valence-electron chi connectivity index (χ2n) is 3.39. The zero-order valence-electron chi connectivity index (χ0n) is 9.21. The minimum Gasteiger partial charge on any atom is -0.497 e. The lowest BCUT2D eigenvalue weighted by Gasteiger charge is -2.07. The van der Waals surface area contributed by atoms with Crippen LogP contribution in [-0.4, -0.2) is 13.7 Å². The van der Waals surface area contributed by atoms with Crippen LogP contribution in [0.1, 0.15) is 13.8 Å². The van der Waals surface area contributed by atoms with Crippen LogP contribution in [0.3, 0.4) is 0 Å². The first-order valence-corrected chi connectivity index (χ1v) is 5.52. The fourth-order valence-corrected chi connectivity index (χ4v) is 1.50. The van der Waals surface area contributed by atoms with Gasteiger partial charge in [0.15, 0.2) is 0 Å². The van der Waals surface area contributed by atoms with E-state index >= 15 is 0 Å². The van der Waals surface area contributed by atoms with Gasteiger partial charge >= 0.3 is 0 Å². The summed E-state index contributed by atoms with van der Waals surface area (Å²) < 4.78 is 11.6. The summed E-state index contributed by atoms with van der Waals surface area (Å²) in [4.78, 5) is 0. The van der Waals surface area contributed by atoms with Crippen molar-refractivity contribution in [2.45, 2.75) is 13.8 Å². The quantitative estimate of drug-likeness (QED) is 0.775. The zero-order valence-corrected chi connectivity index (χ0v) is 10.8. The van der Waals surface area contributed by atoms with Gasteiger partial charge in [-0.1, -0.05) is 5.57 Å². The average Bonchev–Trinajstić information content (AvgIpc) is 2.20. The SMILES string of the molecule is COc1ccc(OCC=C(C)C)c(Br)c1. The first-order chi connectivity index (χ1) is 7.13. The van der Waals surface area contributed by atoms with Gasteiger partial charge in [0.05, 0.1) is 11.6 Å². The van der Waals surface area contributed by atoms with E-state index in [0.717, 1.165) is 16.0 Å². The van der Waals surface area contributed by atoms with Crippen molar-refractivity contribution in [3.05, 3.63) is 34.3 Å². The molecule has 0 fully saturated rings. The highest BCUT2D eigenvalue weighted by atomic mass is 79.9. The van der Waals surface area contributed by atoms with Crippen molar-refractivity contribution < 1.29 is 9.47 Å². The molecule has 0 unspecified atom stereocenters. The molecule has 0 saturated heterocycles. The number of hydrogen-bond acceptors (Lipinski definition) is 2. The molecule has 0 atom stereocenters. The lowest BCUT2D eigenvalue weighted by molar-refractivity contribution is 0.357. The van der Waals surface area contributed by atoms with E-state index in [1.165, 1.54) is 5.57 Å². The van der Waals surface area contributed by atoms with E-state index in [1.54, 1.807) is 7.11 Å². The van der Waals surface area contributed by atoms with Crippen molar-refractivity contribution in [1.82, 2.24) is 0 Å². The van der Waals surface area contributed by atoms with Gasteiger partial charge in [0.1, 0.15) is 18.1 Å². The number of ether oxygens (including phenoxy) is 2. The molecule has 0 spiro atoms. The summed E-state index contributed by atoms with van der Waals surface area (Å²) in [5.41, 5.74) is 1.25. The van der Waals surface area contributed by atoms with Gasteiger partial charge in [0.25, 0.3) is 0 Å². The lowest BCUT2D eigenvalue weighted by Crippen LogP contribution is -1.95. The molecular weight excluding hydrogens is 256 g/mol. The summed E-state index contributed by atoms with van der Waals surface area (Å²) >= 11 is 3.43. The molecule has 0 aliphatic carbocycles. The molecule has 0 amide bonds. The Bertz CT molecular complexity index is 355. The van der Waals surface area contributed by atoms with E-state index in [9.17, 15) is 0 Å². The van der Waals surface area contributed by atoms with Crippen LogP contribution in [0.2, 0.25) is 0 Å². The molecule has 0 bridgehead atoms. The van der Waals surface area contributed by atoms with E-state index in [0.29, 0.717) is 6.61 Å². The number of rotatable bonds is 4. The normalized spacial score (nSPS) is 9.60. The van der Waals surface area contributed by atoms with E-state index in [-0.39, 0.29) is 0 Å². The van der Waals surface area contributed by atoms with Crippen LogP contribution in [0.5, 0.6) is 11.5 Å². The molecule has 1 rings (SSSR count). The number of methoxy groups -OCH3 is 1. The van der Waals surface area contributed by atoms with Crippen LogP contribution in [0.15, 0.2) is 34.3 Å². The third-order valence-electron chi connectivity index (χ3n) is 1.87. The summed E-state index contributed by atoms with van der Waals surface area (Å²) in [5.74, 6) is 1.64. The predicted octanol–water partition coefficient (Wildman–Crippen LogP) is 3.80. The number of halogens is 1. The summed E-state index contributed by atoms with van der Waals surface area (Å²) in [7, 11) is 1.64. The molecule has 0 N–H and O–H groups in total. The largest absolute Gasteiger partial charge is 0.497 e. The topological polar surface area (TPSA) is 18.5 Å². The first-order valence-electron chi connectivity index (χ1n) is 4.73. The maximum absolute atomic E-state index is 5.57. The molecule has 82 valence electrons. The van der Waals surface area contributed by atoms with Crippen LogP contribution in [0, 0.1) is 0 Å². The first kappa shape index (κ1) is 12.1. The van der Waals surface area contributed by atoms with Crippen LogP contribution in [-0.2, 0) is 0 Å².